The molecule has 15 heavy (non-hydrogen) atoms. The molecular weight excluding hydrogens is 212 g/mol. The topological polar surface area (TPSA) is 50.2 Å². The Morgan fingerprint density at radius 1 is 1.47 bits per heavy atom. The third-order valence-electron chi connectivity index (χ3n) is 2.88. The Kier molecular flexibility index (Phi) is 1.97. The van der Waals surface area contributed by atoms with Crippen LogP contribution in [-0.2, 0) is 6.61 Å². The molecule has 2 aromatic heterocycles. The number of fused-ring (bicyclic) bond motifs is 1. The monoisotopic (exact) mass is 223 g/mol. The molecule has 0 aromatic carbocycles. The molecular formula is C11H12ClN2O+. The molecule has 1 aliphatic rings. The van der Waals surface area contributed by atoms with Crippen LogP contribution in [-0.4, -0.2) is 10.1 Å². The largest absolute Gasteiger partial charge is 0.390 e. The summed E-state index contributed by atoms with van der Waals surface area (Å²) in [4.78, 5) is 6.37. The van der Waals surface area contributed by atoms with Crippen molar-refractivity contribution in [2.24, 2.45) is 0 Å². The highest BCUT2D eigenvalue weighted by atomic mass is 35.5. The van der Waals surface area contributed by atoms with Gasteiger partial charge in [0.05, 0.1) is 17.5 Å². The van der Waals surface area contributed by atoms with Gasteiger partial charge in [-0.1, -0.05) is 0 Å². The Morgan fingerprint density at radius 3 is 2.93 bits per heavy atom. The van der Waals surface area contributed by atoms with E-state index in [2.05, 4.69) is 16.0 Å². The van der Waals surface area contributed by atoms with E-state index in [0.717, 1.165) is 16.6 Å². The molecule has 0 unspecified atom stereocenters. The molecule has 0 radical (unpaired) electrons. The lowest BCUT2D eigenvalue weighted by molar-refractivity contribution is -0.386. The summed E-state index contributed by atoms with van der Waals surface area (Å²) in [5.74, 6) is 0.646. The van der Waals surface area contributed by atoms with Crippen molar-refractivity contribution in [2.75, 3.05) is 0 Å². The van der Waals surface area contributed by atoms with Crippen molar-refractivity contribution in [2.45, 2.75) is 25.4 Å². The Morgan fingerprint density at radius 2 is 2.27 bits per heavy atom. The Hall–Kier alpha value is -1.06. The van der Waals surface area contributed by atoms with Crippen molar-refractivity contribution >= 4 is 22.5 Å². The first-order valence-electron chi connectivity index (χ1n) is 5.12. The molecule has 0 amide bonds. The van der Waals surface area contributed by atoms with E-state index < -0.39 is 0 Å². The maximum Gasteiger partial charge on any atom is 0.282 e. The summed E-state index contributed by atoms with van der Waals surface area (Å²) in [5, 5.41) is 10.6. The van der Waals surface area contributed by atoms with Crippen molar-refractivity contribution in [3.05, 3.63) is 28.7 Å². The third kappa shape index (κ3) is 1.52. The number of aromatic nitrogens is 2. The van der Waals surface area contributed by atoms with Crippen LogP contribution in [0.2, 0.25) is 5.15 Å². The van der Waals surface area contributed by atoms with E-state index in [0.29, 0.717) is 11.1 Å². The highest BCUT2D eigenvalue weighted by molar-refractivity contribution is 6.33. The summed E-state index contributed by atoms with van der Waals surface area (Å²) in [7, 11) is 0. The summed E-state index contributed by atoms with van der Waals surface area (Å²) in [6, 6.07) is 3.98. The first-order valence-corrected chi connectivity index (χ1v) is 5.50. The average molecular weight is 224 g/mol. The molecule has 1 fully saturated rings. The zero-order chi connectivity index (χ0) is 10.4. The van der Waals surface area contributed by atoms with E-state index in [1.54, 1.807) is 0 Å². The van der Waals surface area contributed by atoms with Gasteiger partial charge in [-0.25, -0.2) is 0 Å². The van der Waals surface area contributed by atoms with Gasteiger partial charge in [-0.3, -0.25) is 0 Å². The van der Waals surface area contributed by atoms with E-state index in [4.69, 9.17) is 16.7 Å². The molecule has 2 heterocycles. The molecule has 78 valence electrons. The van der Waals surface area contributed by atoms with Crippen LogP contribution in [0, 0.1) is 0 Å². The van der Waals surface area contributed by atoms with E-state index in [1.165, 1.54) is 18.5 Å². The molecule has 3 nitrogen and oxygen atoms in total. The number of rotatable bonds is 2. The second-order valence-electron chi connectivity index (χ2n) is 4.09. The second kappa shape index (κ2) is 3.22. The predicted molar refractivity (Wildman–Crippen MR) is 57.8 cm³/mol. The van der Waals surface area contributed by atoms with Crippen LogP contribution in [0.15, 0.2) is 12.1 Å². The van der Waals surface area contributed by atoms with Gasteiger partial charge >= 0.3 is 0 Å². The highest BCUT2D eigenvalue weighted by Gasteiger charge is 2.30. The number of hydrogen-bond donors (Lipinski definition) is 2. The van der Waals surface area contributed by atoms with Gasteiger partial charge < -0.3 is 10.1 Å². The zero-order valence-electron chi connectivity index (χ0n) is 8.18. The van der Waals surface area contributed by atoms with Gasteiger partial charge in [0.25, 0.3) is 5.15 Å². The average Bonchev–Trinajstić information content (AvgIpc) is 2.98. The lowest BCUT2D eigenvalue weighted by Crippen LogP contribution is -2.10. The predicted octanol–water partition coefficient (Wildman–Crippen LogP) is 2.01. The number of H-pyrrole nitrogens is 2. The summed E-state index contributed by atoms with van der Waals surface area (Å²) in [6.07, 6.45) is 2.48. The molecule has 0 atom stereocenters. The molecule has 4 heteroatoms. The minimum absolute atomic E-state index is 0.0176. The smallest absolute Gasteiger partial charge is 0.282 e. The van der Waals surface area contributed by atoms with Crippen LogP contribution >= 0.6 is 11.6 Å². The molecule has 1 saturated carbocycles. The number of aliphatic hydroxyl groups is 1. The quantitative estimate of drug-likeness (QED) is 0.752. The number of halogens is 1. The minimum Gasteiger partial charge on any atom is -0.390 e. The molecule has 3 N–H and O–H groups in total. The summed E-state index contributed by atoms with van der Waals surface area (Å²) >= 11 is 6.15. The van der Waals surface area contributed by atoms with E-state index in [-0.39, 0.29) is 6.61 Å². The molecule has 0 aliphatic heterocycles. The SMILES string of the molecule is OCc1cc2c(Cl)[nH+]c(C3CC3)cc2[nH]1. The minimum atomic E-state index is 0.0176. The molecule has 2 aromatic rings. The van der Waals surface area contributed by atoms with Crippen molar-refractivity contribution in [1.82, 2.24) is 4.98 Å². The van der Waals surface area contributed by atoms with Crippen LogP contribution in [0.3, 0.4) is 0 Å². The van der Waals surface area contributed by atoms with Gasteiger partial charge in [-0.05, 0) is 30.5 Å². The Labute approximate surface area is 92.1 Å². The van der Waals surface area contributed by atoms with Gasteiger partial charge in [0.2, 0.25) is 0 Å². The van der Waals surface area contributed by atoms with Gasteiger partial charge in [-0.2, -0.15) is 4.98 Å². The van der Waals surface area contributed by atoms with E-state index in [9.17, 15) is 0 Å². The Balaban J connectivity index is 2.20. The summed E-state index contributed by atoms with van der Waals surface area (Å²) < 4.78 is 0. The zero-order valence-corrected chi connectivity index (χ0v) is 8.93. The molecule has 0 spiro atoms. The van der Waals surface area contributed by atoms with Crippen molar-refractivity contribution in [1.29, 1.82) is 0 Å². The number of aliphatic hydroxyl groups excluding tert-OH is 1. The molecule has 0 saturated heterocycles. The first-order chi connectivity index (χ1) is 7.28. The number of aromatic amines is 2. The maximum absolute atomic E-state index is 9.04. The number of hydrogen-bond acceptors (Lipinski definition) is 1. The fraction of sp³-hybridized carbons (Fsp3) is 0.364. The van der Waals surface area contributed by atoms with E-state index in [1.807, 2.05) is 6.07 Å². The van der Waals surface area contributed by atoms with Crippen LogP contribution in [0.25, 0.3) is 10.9 Å². The van der Waals surface area contributed by atoms with Crippen LogP contribution in [0.4, 0.5) is 0 Å². The van der Waals surface area contributed by atoms with Gasteiger partial charge in [0, 0.05) is 17.7 Å². The molecule has 0 bridgehead atoms. The number of pyridine rings is 1. The fourth-order valence-corrected chi connectivity index (χ4v) is 2.17. The van der Waals surface area contributed by atoms with Crippen molar-refractivity contribution in [3.8, 4) is 0 Å². The van der Waals surface area contributed by atoms with Crippen molar-refractivity contribution in [3.63, 3.8) is 0 Å². The maximum atomic E-state index is 9.04. The van der Waals surface area contributed by atoms with Crippen LogP contribution in [0.5, 0.6) is 0 Å². The Bertz CT molecular complexity index is 517. The van der Waals surface area contributed by atoms with E-state index >= 15 is 0 Å². The lowest BCUT2D eigenvalue weighted by Gasteiger charge is -1.92. The molecule has 3 rings (SSSR count). The standard InChI is InChI=1S/C11H11ClN2O/c12-11-8-3-7(5-15)13-10(8)4-9(14-11)6-1-2-6/h3-4,6,13,15H,1-2,5H2/p+1. The second-order valence-corrected chi connectivity index (χ2v) is 4.47. The summed E-state index contributed by atoms with van der Waals surface area (Å²) in [6.45, 7) is 0.0176. The normalized spacial score (nSPS) is 16.1. The van der Waals surface area contributed by atoms with Crippen molar-refractivity contribution < 1.29 is 10.1 Å². The van der Waals surface area contributed by atoms with Crippen LogP contribution in [0.1, 0.15) is 30.1 Å². The third-order valence-corrected chi connectivity index (χ3v) is 3.18. The van der Waals surface area contributed by atoms with Gasteiger partial charge in [0.15, 0.2) is 5.69 Å². The first kappa shape index (κ1) is 9.19. The molecule has 1 aliphatic carbocycles. The summed E-state index contributed by atoms with van der Waals surface area (Å²) in [5.41, 5.74) is 3.00. The van der Waals surface area contributed by atoms with Gasteiger partial charge in [0.1, 0.15) is 0 Å². The lowest BCUT2D eigenvalue weighted by atomic mass is 10.2. The highest BCUT2D eigenvalue weighted by Crippen LogP contribution is 2.39. The number of nitrogens with one attached hydrogen (secondary N) is 2. The fourth-order valence-electron chi connectivity index (χ4n) is 1.91. The van der Waals surface area contributed by atoms with Gasteiger partial charge in [-0.15, -0.1) is 0 Å². The van der Waals surface area contributed by atoms with Crippen LogP contribution < -0.4 is 4.98 Å².